The molecule has 0 aliphatic heterocycles. The Bertz CT molecular complexity index is 680. The van der Waals surface area contributed by atoms with E-state index >= 15 is 0 Å². The van der Waals surface area contributed by atoms with E-state index in [0.717, 1.165) is 5.01 Å². The van der Waals surface area contributed by atoms with Crippen molar-refractivity contribution < 1.29 is 13.5 Å². The molecule has 0 radical (unpaired) electrons. The smallest absolute Gasteiger partial charge is 0.243 e. The van der Waals surface area contributed by atoms with Gasteiger partial charge in [-0.15, -0.1) is 11.3 Å². The first-order valence-corrected chi connectivity index (χ1v) is 7.88. The summed E-state index contributed by atoms with van der Waals surface area (Å²) in [5.74, 6) is -0.0704. The van der Waals surface area contributed by atoms with E-state index in [9.17, 15) is 13.5 Å². The average Bonchev–Trinajstić information content (AvgIpc) is 2.74. The van der Waals surface area contributed by atoms with Gasteiger partial charge in [-0.2, -0.15) is 4.31 Å². The van der Waals surface area contributed by atoms with E-state index in [2.05, 4.69) is 4.98 Å². The van der Waals surface area contributed by atoms with Crippen LogP contribution in [0.1, 0.15) is 10.7 Å². The summed E-state index contributed by atoms with van der Waals surface area (Å²) in [6, 6.07) is 5.63. The summed E-state index contributed by atoms with van der Waals surface area (Å²) in [4.78, 5) is 4.31. The van der Waals surface area contributed by atoms with Gasteiger partial charge in [0.05, 0.1) is 22.1 Å². The second kappa shape index (κ2) is 5.28. The van der Waals surface area contributed by atoms with Crippen molar-refractivity contribution in [2.75, 3.05) is 7.05 Å². The fraction of sp³-hybridized carbons (Fsp3) is 0.250. The lowest BCUT2D eigenvalue weighted by molar-refractivity contribution is 0.457. The molecule has 1 N–H and O–H groups in total. The minimum absolute atomic E-state index is 0.0704. The van der Waals surface area contributed by atoms with Gasteiger partial charge in [0.1, 0.15) is 5.75 Å². The number of sulfonamides is 1. The second-order valence-corrected chi connectivity index (χ2v) is 7.22. The van der Waals surface area contributed by atoms with E-state index in [-0.39, 0.29) is 17.2 Å². The van der Waals surface area contributed by atoms with Gasteiger partial charge in [0.25, 0.3) is 0 Å². The summed E-state index contributed by atoms with van der Waals surface area (Å²) < 4.78 is 25.8. The van der Waals surface area contributed by atoms with Crippen LogP contribution >= 0.6 is 11.3 Å². The van der Waals surface area contributed by atoms with Crippen LogP contribution < -0.4 is 0 Å². The monoisotopic (exact) mass is 298 g/mol. The van der Waals surface area contributed by atoms with E-state index in [1.54, 1.807) is 0 Å². The van der Waals surface area contributed by atoms with Crippen LogP contribution in [-0.2, 0) is 16.6 Å². The molecule has 102 valence electrons. The molecule has 0 aliphatic rings. The molecule has 1 aromatic heterocycles. The highest BCUT2D eigenvalue weighted by molar-refractivity contribution is 7.89. The maximum absolute atomic E-state index is 12.3. The molecule has 19 heavy (non-hydrogen) atoms. The molecule has 0 amide bonds. The molecule has 5 nitrogen and oxygen atoms in total. The van der Waals surface area contributed by atoms with E-state index in [1.807, 2.05) is 12.3 Å². The van der Waals surface area contributed by atoms with Crippen LogP contribution in [0.3, 0.4) is 0 Å². The number of nitrogens with zero attached hydrogens (tertiary/aromatic N) is 2. The Labute approximate surface area is 116 Å². The molecule has 0 saturated heterocycles. The molecule has 0 spiro atoms. The zero-order chi connectivity index (χ0) is 14.0. The highest BCUT2D eigenvalue weighted by atomic mass is 32.2. The molecule has 2 rings (SSSR count). The number of phenolic OH excluding ortho intramolecular Hbond substituents is 1. The Morgan fingerprint density at radius 1 is 1.42 bits per heavy atom. The molecule has 2 aromatic rings. The van der Waals surface area contributed by atoms with Crippen molar-refractivity contribution in [1.29, 1.82) is 0 Å². The van der Waals surface area contributed by atoms with Crippen molar-refractivity contribution in [3.8, 4) is 5.75 Å². The number of hydrogen-bond acceptors (Lipinski definition) is 5. The molecule has 0 bridgehead atoms. The van der Waals surface area contributed by atoms with E-state index in [1.165, 1.54) is 47.0 Å². The summed E-state index contributed by atoms with van der Waals surface area (Å²) in [6.45, 7) is 2.08. The number of aromatic hydroxyl groups is 1. The number of thiazole rings is 1. The quantitative estimate of drug-likeness (QED) is 0.937. The van der Waals surface area contributed by atoms with Gasteiger partial charge >= 0.3 is 0 Å². The zero-order valence-corrected chi connectivity index (χ0v) is 12.2. The first kappa shape index (κ1) is 14.0. The molecule has 0 atom stereocenters. The maximum atomic E-state index is 12.3. The maximum Gasteiger partial charge on any atom is 0.243 e. The Kier molecular flexibility index (Phi) is 3.88. The van der Waals surface area contributed by atoms with Crippen molar-refractivity contribution in [3.05, 3.63) is 40.3 Å². The van der Waals surface area contributed by atoms with Gasteiger partial charge < -0.3 is 5.11 Å². The van der Waals surface area contributed by atoms with Crippen LogP contribution in [-0.4, -0.2) is 29.9 Å². The van der Waals surface area contributed by atoms with Gasteiger partial charge in [0, 0.05) is 12.4 Å². The predicted octanol–water partition coefficient (Wildman–Crippen LogP) is 1.98. The number of aromatic nitrogens is 1. The number of hydrogen-bond donors (Lipinski definition) is 1. The third-order valence-electron chi connectivity index (χ3n) is 2.58. The predicted molar refractivity (Wildman–Crippen MR) is 73.6 cm³/mol. The third-order valence-corrected chi connectivity index (χ3v) is 5.20. The third kappa shape index (κ3) is 3.12. The van der Waals surface area contributed by atoms with Crippen molar-refractivity contribution in [2.45, 2.75) is 18.4 Å². The highest BCUT2D eigenvalue weighted by Gasteiger charge is 2.21. The molecule has 0 unspecified atom stereocenters. The first-order chi connectivity index (χ1) is 8.89. The minimum Gasteiger partial charge on any atom is -0.508 e. The SMILES string of the molecule is Cc1nc(CN(C)S(=O)(=O)c2cccc(O)c2)cs1. The molecule has 7 heteroatoms. The highest BCUT2D eigenvalue weighted by Crippen LogP contribution is 2.21. The first-order valence-electron chi connectivity index (χ1n) is 5.56. The summed E-state index contributed by atoms with van der Waals surface area (Å²) in [5.41, 5.74) is 0.716. The van der Waals surface area contributed by atoms with Crippen LogP contribution in [0.5, 0.6) is 5.75 Å². The molecule has 0 aliphatic carbocycles. The molecular formula is C12H14N2O3S2. The van der Waals surface area contributed by atoms with Crippen molar-refractivity contribution in [3.63, 3.8) is 0 Å². The lowest BCUT2D eigenvalue weighted by Crippen LogP contribution is -2.26. The van der Waals surface area contributed by atoms with Crippen molar-refractivity contribution >= 4 is 21.4 Å². The normalized spacial score (nSPS) is 11.9. The van der Waals surface area contributed by atoms with E-state index < -0.39 is 10.0 Å². The van der Waals surface area contributed by atoms with Crippen LogP contribution in [0.4, 0.5) is 0 Å². The standard InChI is InChI=1S/C12H14N2O3S2/c1-9-13-10(8-18-9)7-14(2)19(16,17)12-5-3-4-11(15)6-12/h3-6,8,15H,7H2,1-2H3. The summed E-state index contributed by atoms with van der Waals surface area (Å²) >= 11 is 1.48. The molecule has 0 saturated carbocycles. The lowest BCUT2D eigenvalue weighted by atomic mass is 10.3. The molecule has 0 fully saturated rings. The van der Waals surface area contributed by atoms with Gasteiger partial charge in [-0.05, 0) is 25.1 Å². The van der Waals surface area contributed by atoms with Crippen LogP contribution in [0.25, 0.3) is 0 Å². The van der Waals surface area contributed by atoms with Gasteiger partial charge in [-0.3, -0.25) is 0 Å². The van der Waals surface area contributed by atoms with Gasteiger partial charge in [-0.25, -0.2) is 13.4 Å². The second-order valence-electron chi connectivity index (χ2n) is 4.12. The Morgan fingerprint density at radius 2 is 2.16 bits per heavy atom. The number of aryl methyl sites for hydroxylation is 1. The molecule has 1 aromatic carbocycles. The van der Waals surface area contributed by atoms with Crippen LogP contribution in [0.15, 0.2) is 34.5 Å². The average molecular weight is 298 g/mol. The Morgan fingerprint density at radius 3 is 2.74 bits per heavy atom. The Balaban J connectivity index is 2.24. The van der Waals surface area contributed by atoms with Crippen LogP contribution in [0, 0.1) is 6.92 Å². The lowest BCUT2D eigenvalue weighted by Gasteiger charge is -2.16. The summed E-state index contributed by atoms with van der Waals surface area (Å²) in [5, 5.41) is 12.1. The summed E-state index contributed by atoms with van der Waals surface area (Å²) in [7, 11) is -2.12. The minimum atomic E-state index is -3.61. The van der Waals surface area contributed by atoms with Crippen LogP contribution in [0.2, 0.25) is 0 Å². The fourth-order valence-corrected chi connectivity index (χ4v) is 3.40. The number of benzene rings is 1. The largest absolute Gasteiger partial charge is 0.508 e. The molecule has 1 heterocycles. The zero-order valence-electron chi connectivity index (χ0n) is 10.6. The fourth-order valence-electron chi connectivity index (χ4n) is 1.62. The number of rotatable bonds is 4. The van der Waals surface area contributed by atoms with Gasteiger partial charge in [0.15, 0.2) is 0 Å². The van der Waals surface area contributed by atoms with Crippen molar-refractivity contribution in [1.82, 2.24) is 9.29 Å². The summed E-state index contributed by atoms with van der Waals surface area (Å²) in [6.07, 6.45) is 0. The van der Waals surface area contributed by atoms with E-state index in [4.69, 9.17) is 0 Å². The topological polar surface area (TPSA) is 70.5 Å². The van der Waals surface area contributed by atoms with Crippen molar-refractivity contribution in [2.24, 2.45) is 0 Å². The number of phenols is 1. The Hall–Kier alpha value is -1.44. The molecular weight excluding hydrogens is 284 g/mol. The van der Waals surface area contributed by atoms with Gasteiger partial charge in [0.2, 0.25) is 10.0 Å². The van der Waals surface area contributed by atoms with Gasteiger partial charge in [-0.1, -0.05) is 6.07 Å². The van der Waals surface area contributed by atoms with E-state index in [0.29, 0.717) is 5.69 Å².